The van der Waals surface area contributed by atoms with Crippen LogP contribution in [0.1, 0.15) is 60.3 Å². The number of aliphatic carboxylic acids is 2. The van der Waals surface area contributed by atoms with Crippen LogP contribution < -0.4 is 21.7 Å². The first-order chi connectivity index (χ1) is 14.3. The summed E-state index contributed by atoms with van der Waals surface area (Å²) in [6.07, 6.45) is 0.442. The number of nitrogens with one attached hydrogen (secondary N) is 3. The lowest BCUT2D eigenvalue weighted by molar-refractivity contribution is -0.142. The molecule has 0 saturated heterocycles. The van der Waals surface area contributed by atoms with Crippen molar-refractivity contribution in [3.8, 4) is 0 Å². The summed E-state index contributed by atoms with van der Waals surface area (Å²) < 4.78 is 0. The van der Waals surface area contributed by atoms with Crippen LogP contribution in [0.4, 0.5) is 0 Å². The molecule has 7 N–H and O–H groups in total. The number of carbonyl (C=O) groups is 5. The SMILES string of the molecule is CCC(C)C(NC(=O)C(N)CCC(=O)O)C(=O)NC(CC(C)C)C(=O)NC(C)C(=O)O. The second kappa shape index (κ2) is 13.6. The number of rotatable bonds is 14. The highest BCUT2D eigenvalue weighted by molar-refractivity contribution is 5.94. The standard InChI is InChI=1S/C20H36N4O7/c1-6-11(4)16(24-17(27)13(21)7-8-15(25)26)19(29)23-14(9-10(2)3)18(28)22-12(5)20(30)31/h10-14,16H,6-9,21H2,1-5H3,(H,22,28)(H,23,29)(H,24,27)(H,25,26)(H,30,31). The molecule has 0 aromatic carbocycles. The third-order valence-electron chi connectivity index (χ3n) is 4.87. The normalized spacial score (nSPS) is 15.8. The summed E-state index contributed by atoms with van der Waals surface area (Å²) in [6, 6.07) is -4.20. The Labute approximate surface area is 182 Å². The molecule has 5 unspecified atom stereocenters. The Morgan fingerprint density at radius 3 is 1.90 bits per heavy atom. The summed E-state index contributed by atoms with van der Waals surface area (Å²) in [5.74, 6) is -4.46. The van der Waals surface area contributed by atoms with Gasteiger partial charge in [-0.15, -0.1) is 0 Å². The molecule has 0 aliphatic heterocycles. The number of hydrogen-bond donors (Lipinski definition) is 6. The molecule has 0 saturated carbocycles. The van der Waals surface area contributed by atoms with Gasteiger partial charge in [0.05, 0.1) is 6.04 Å². The third-order valence-corrected chi connectivity index (χ3v) is 4.87. The van der Waals surface area contributed by atoms with Gasteiger partial charge < -0.3 is 31.9 Å². The topological polar surface area (TPSA) is 188 Å². The van der Waals surface area contributed by atoms with Gasteiger partial charge >= 0.3 is 11.9 Å². The zero-order valence-electron chi connectivity index (χ0n) is 18.8. The van der Waals surface area contributed by atoms with Crippen molar-refractivity contribution < 1.29 is 34.2 Å². The number of hydrogen-bond acceptors (Lipinski definition) is 6. The van der Waals surface area contributed by atoms with Crippen LogP contribution >= 0.6 is 0 Å². The monoisotopic (exact) mass is 444 g/mol. The van der Waals surface area contributed by atoms with E-state index in [2.05, 4.69) is 16.0 Å². The maximum atomic E-state index is 12.9. The van der Waals surface area contributed by atoms with Crippen LogP contribution in [0.15, 0.2) is 0 Å². The molecule has 5 atom stereocenters. The number of carboxylic acid groups (broad SMARTS) is 2. The van der Waals surface area contributed by atoms with Gasteiger partial charge in [0.2, 0.25) is 17.7 Å². The van der Waals surface area contributed by atoms with Crippen molar-refractivity contribution in [2.75, 3.05) is 0 Å². The maximum absolute atomic E-state index is 12.9. The van der Waals surface area contributed by atoms with Crippen molar-refractivity contribution in [3.63, 3.8) is 0 Å². The highest BCUT2D eigenvalue weighted by Crippen LogP contribution is 2.11. The van der Waals surface area contributed by atoms with E-state index >= 15 is 0 Å². The molecule has 0 aromatic rings. The van der Waals surface area contributed by atoms with E-state index in [1.54, 1.807) is 6.92 Å². The van der Waals surface area contributed by atoms with Crippen molar-refractivity contribution in [1.82, 2.24) is 16.0 Å². The molecular weight excluding hydrogens is 408 g/mol. The van der Waals surface area contributed by atoms with E-state index in [1.807, 2.05) is 20.8 Å². The van der Waals surface area contributed by atoms with Crippen LogP contribution in [-0.2, 0) is 24.0 Å². The molecule has 0 aliphatic carbocycles. The Morgan fingerprint density at radius 1 is 0.871 bits per heavy atom. The average Bonchev–Trinajstić information content (AvgIpc) is 2.67. The van der Waals surface area contributed by atoms with Gasteiger partial charge in [0.25, 0.3) is 0 Å². The van der Waals surface area contributed by atoms with E-state index < -0.39 is 53.8 Å². The number of nitrogens with two attached hydrogens (primary N) is 1. The van der Waals surface area contributed by atoms with Gasteiger partial charge in [-0.25, -0.2) is 0 Å². The highest BCUT2D eigenvalue weighted by atomic mass is 16.4. The molecule has 0 heterocycles. The van der Waals surface area contributed by atoms with Crippen LogP contribution in [0.25, 0.3) is 0 Å². The molecule has 0 spiro atoms. The molecule has 11 nitrogen and oxygen atoms in total. The van der Waals surface area contributed by atoms with Gasteiger partial charge in [0, 0.05) is 6.42 Å². The second-order valence-electron chi connectivity index (χ2n) is 8.17. The summed E-state index contributed by atoms with van der Waals surface area (Å²) in [5, 5.41) is 25.2. The Balaban J connectivity index is 5.37. The molecule has 0 aliphatic rings. The molecule has 31 heavy (non-hydrogen) atoms. The molecular formula is C20H36N4O7. The molecule has 0 bridgehead atoms. The van der Waals surface area contributed by atoms with Crippen molar-refractivity contribution in [2.24, 2.45) is 17.6 Å². The van der Waals surface area contributed by atoms with Crippen molar-refractivity contribution in [2.45, 2.75) is 84.5 Å². The zero-order chi connectivity index (χ0) is 24.3. The Kier molecular flexibility index (Phi) is 12.4. The van der Waals surface area contributed by atoms with Crippen LogP contribution in [0.2, 0.25) is 0 Å². The Morgan fingerprint density at radius 2 is 1.45 bits per heavy atom. The summed E-state index contributed by atoms with van der Waals surface area (Å²) in [7, 11) is 0. The van der Waals surface area contributed by atoms with Crippen molar-refractivity contribution in [1.29, 1.82) is 0 Å². The maximum Gasteiger partial charge on any atom is 0.325 e. The van der Waals surface area contributed by atoms with Crippen LogP contribution in [-0.4, -0.2) is 64.0 Å². The minimum Gasteiger partial charge on any atom is -0.481 e. The quantitative estimate of drug-likeness (QED) is 0.213. The molecule has 178 valence electrons. The fraction of sp³-hybridized carbons (Fsp3) is 0.750. The number of carbonyl (C=O) groups excluding carboxylic acids is 3. The average molecular weight is 445 g/mol. The van der Waals surface area contributed by atoms with Gasteiger partial charge in [0.1, 0.15) is 18.1 Å². The second-order valence-corrected chi connectivity index (χ2v) is 8.17. The van der Waals surface area contributed by atoms with E-state index in [4.69, 9.17) is 15.9 Å². The van der Waals surface area contributed by atoms with Gasteiger partial charge in [0.15, 0.2) is 0 Å². The van der Waals surface area contributed by atoms with E-state index in [9.17, 15) is 24.0 Å². The molecule has 11 heteroatoms. The summed E-state index contributed by atoms with van der Waals surface area (Å²) >= 11 is 0. The Hall–Kier alpha value is -2.69. The lowest BCUT2D eigenvalue weighted by Crippen LogP contribution is -2.58. The molecule has 0 rings (SSSR count). The van der Waals surface area contributed by atoms with Gasteiger partial charge in [-0.05, 0) is 31.6 Å². The summed E-state index contributed by atoms with van der Waals surface area (Å²) in [5.41, 5.74) is 5.73. The summed E-state index contributed by atoms with van der Waals surface area (Å²) in [6.45, 7) is 8.59. The predicted molar refractivity (Wildman–Crippen MR) is 113 cm³/mol. The molecule has 0 aromatic heterocycles. The molecule has 3 amide bonds. The number of amides is 3. The van der Waals surface area contributed by atoms with Crippen molar-refractivity contribution in [3.05, 3.63) is 0 Å². The summed E-state index contributed by atoms with van der Waals surface area (Å²) in [4.78, 5) is 59.5. The first-order valence-electron chi connectivity index (χ1n) is 10.4. The lowest BCUT2D eigenvalue weighted by Gasteiger charge is -2.28. The lowest BCUT2D eigenvalue weighted by atomic mass is 9.96. The van der Waals surface area contributed by atoms with E-state index in [-0.39, 0.29) is 31.1 Å². The van der Waals surface area contributed by atoms with Crippen LogP contribution in [0, 0.1) is 11.8 Å². The zero-order valence-corrected chi connectivity index (χ0v) is 18.8. The van der Waals surface area contributed by atoms with E-state index in [0.29, 0.717) is 6.42 Å². The van der Waals surface area contributed by atoms with Crippen LogP contribution in [0.3, 0.4) is 0 Å². The fourth-order valence-corrected chi connectivity index (χ4v) is 2.71. The van der Waals surface area contributed by atoms with Gasteiger partial charge in [-0.1, -0.05) is 34.1 Å². The molecule has 0 radical (unpaired) electrons. The smallest absolute Gasteiger partial charge is 0.325 e. The molecule has 0 fully saturated rings. The van der Waals surface area contributed by atoms with Gasteiger partial charge in [-0.2, -0.15) is 0 Å². The first-order valence-corrected chi connectivity index (χ1v) is 10.4. The van der Waals surface area contributed by atoms with E-state index in [1.165, 1.54) is 6.92 Å². The minimum absolute atomic E-state index is 0.0252. The predicted octanol–water partition coefficient (Wildman–Crippen LogP) is -0.170. The number of carboxylic acids is 2. The fourth-order valence-electron chi connectivity index (χ4n) is 2.71. The highest BCUT2D eigenvalue weighted by Gasteiger charge is 2.32. The minimum atomic E-state index is -1.21. The van der Waals surface area contributed by atoms with Crippen molar-refractivity contribution >= 4 is 29.7 Å². The third kappa shape index (κ3) is 10.8. The largest absolute Gasteiger partial charge is 0.481 e. The Bertz CT molecular complexity index is 653. The van der Waals surface area contributed by atoms with Gasteiger partial charge in [-0.3, -0.25) is 24.0 Å². The van der Waals surface area contributed by atoms with E-state index in [0.717, 1.165) is 0 Å². The first kappa shape index (κ1) is 28.3. The van der Waals surface area contributed by atoms with Crippen LogP contribution in [0.5, 0.6) is 0 Å².